The van der Waals surface area contributed by atoms with Crippen LogP contribution in [0.5, 0.6) is 0 Å². The van der Waals surface area contributed by atoms with Gasteiger partial charge in [-0.1, -0.05) is 37.0 Å². The van der Waals surface area contributed by atoms with Crippen LogP contribution >= 0.6 is 23.2 Å². The summed E-state index contributed by atoms with van der Waals surface area (Å²) >= 11 is 11.9. The summed E-state index contributed by atoms with van der Waals surface area (Å²) in [4.78, 5) is 29.2. The summed E-state index contributed by atoms with van der Waals surface area (Å²) < 4.78 is 0. The highest BCUT2D eigenvalue weighted by Crippen LogP contribution is 2.17. The molecule has 0 aliphatic rings. The molecular weight excluding hydrogens is 447 g/mol. The molecule has 0 N–H and O–H groups in total. The number of hydrogen-bond donors (Lipinski definition) is 0. The summed E-state index contributed by atoms with van der Waals surface area (Å²) in [5.74, 6) is -0.669. The number of rotatable bonds is 9. The fourth-order valence-electron chi connectivity index (χ4n) is 3.29. The largest absolute Gasteiger partial charge is 0.321 e. The first-order valence-electron chi connectivity index (χ1n) is 10.3. The van der Waals surface area contributed by atoms with Crippen molar-refractivity contribution in [1.82, 2.24) is 9.80 Å². The standard InChI is InChI=1S/C24H24Cl2N4O2/c1-3-21(15-27)29(23(31)17-5-9-19(25)10-6-17)13-14-30(22(4-2)16-28)24(32)18-7-11-20(26)12-8-18/h5-12,21-22H,3-4,13-14H2,1-2H3. The minimum Gasteiger partial charge on any atom is -0.321 e. The summed E-state index contributed by atoms with van der Waals surface area (Å²) in [6, 6.07) is 15.8. The molecule has 0 fully saturated rings. The highest BCUT2D eigenvalue weighted by atomic mass is 35.5. The summed E-state index contributed by atoms with van der Waals surface area (Å²) in [5, 5.41) is 20.2. The lowest BCUT2D eigenvalue weighted by molar-refractivity contribution is 0.0603. The molecule has 0 aliphatic carbocycles. The van der Waals surface area contributed by atoms with Crippen molar-refractivity contribution in [2.45, 2.75) is 38.8 Å². The molecule has 0 saturated carbocycles. The Hall–Kier alpha value is -3.06. The van der Waals surface area contributed by atoms with E-state index >= 15 is 0 Å². The minimum absolute atomic E-state index is 0.102. The third-order valence-corrected chi connectivity index (χ3v) is 5.61. The fourth-order valence-corrected chi connectivity index (χ4v) is 3.54. The number of carbonyl (C=O) groups excluding carboxylic acids is 2. The third-order valence-electron chi connectivity index (χ3n) is 5.11. The number of nitrogens with zero attached hydrogens (tertiary/aromatic N) is 4. The van der Waals surface area contributed by atoms with E-state index in [1.807, 2.05) is 13.8 Å². The van der Waals surface area contributed by atoms with Gasteiger partial charge in [0.2, 0.25) is 0 Å². The molecule has 2 aromatic carbocycles. The van der Waals surface area contributed by atoms with Gasteiger partial charge in [0.05, 0.1) is 12.1 Å². The predicted molar refractivity (Wildman–Crippen MR) is 124 cm³/mol. The SMILES string of the molecule is CCC(C#N)N(CCN(C(=O)c1ccc(Cl)cc1)C(C#N)CC)C(=O)c1ccc(Cl)cc1. The normalized spacial score (nSPS) is 12.2. The van der Waals surface area contributed by atoms with E-state index in [9.17, 15) is 20.1 Å². The maximum Gasteiger partial charge on any atom is 0.254 e. The number of amides is 2. The van der Waals surface area contributed by atoms with Crippen molar-refractivity contribution in [2.24, 2.45) is 0 Å². The zero-order valence-electron chi connectivity index (χ0n) is 18.0. The molecule has 0 saturated heterocycles. The second kappa shape index (κ2) is 12.1. The van der Waals surface area contributed by atoms with Crippen LogP contribution < -0.4 is 0 Å². The summed E-state index contributed by atoms with van der Waals surface area (Å²) in [7, 11) is 0. The van der Waals surface area contributed by atoms with Gasteiger partial charge < -0.3 is 9.80 Å². The molecule has 2 rings (SSSR count). The molecule has 32 heavy (non-hydrogen) atoms. The van der Waals surface area contributed by atoms with Crippen molar-refractivity contribution in [3.05, 3.63) is 69.7 Å². The quantitative estimate of drug-likeness (QED) is 0.504. The first-order chi connectivity index (χ1) is 15.4. The number of nitriles is 2. The van der Waals surface area contributed by atoms with Crippen LogP contribution in [0.3, 0.4) is 0 Å². The van der Waals surface area contributed by atoms with E-state index in [1.165, 1.54) is 9.80 Å². The summed E-state index contributed by atoms with van der Waals surface area (Å²) in [6.45, 7) is 3.84. The maximum absolute atomic E-state index is 13.2. The van der Waals surface area contributed by atoms with E-state index in [-0.39, 0.29) is 24.9 Å². The second-order valence-corrected chi connectivity index (χ2v) is 7.99. The molecule has 0 spiro atoms. The molecule has 6 nitrogen and oxygen atoms in total. The number of halogens is 2. The van der Waals surface area contributed by atoms with Gasteiger partial charge in [-0.15, -0.1) is 0 Å². The van der Waals surface area contributed by atoms with Crippen molar-refractivity contribution in [2.75, 3.05) is 13.1 Å². The van der Waals surface area contributed by atoms with Crippen LogP contribution in [-0.2, 0) is 0 Å². The monoisotopic (exact) mass is 470 g/mol. The Kier molecular flexibility index (Phi) is 9.53. The lowest BCUT2D eigenvalue weighted by atomic mass is 10.1. The lowest BCUT2D eigenvalue weighted by Crippen LogP contribution is -2.48. The lowest BCUT2D eigenvalue weighted by Gasteiger charge is -2.32. The van der Waals surface area contributed by atoms with E-state index in [1.54, 1.807) is 48.5 Å². The van der Waals surface area contributed by atoms with Gasteiger partial charge in [0, 0.05) is 34.3 Å². The molecule has 2 aromatic rings. The number of hydrogen-bond acceptors (Lipinski definition) is 4. The van der Waals surface area contributed by atoms with Gasteiger partial charge in [-0.05, 0) is 61.4 Å². The van der Waals surface area contributed by atoms with Crippen molar-refractivity contribution < 1.29 is 9.59 Å². The van der Waals surface area contributed by atoms with Crippen molar-refractivity contribution in [3.63, 3.8) is 0 Å². The van der Waals surface area contributed by atoms with Gasteiger partial charge in [-0.2, -0.15) is 10.5 Å². The van der Waals surface area contributed by atoms with E-state index in [0.29, 0.717) is 34.0 Å². The van der Waals surface area contributed by atoms with Gasteiger partial charge in [0.15, 0.2) is 0 Å². The van der Waals surface area contributed by atoms with Crippen molar-refractivity contribution >= 4 is 35.0 Å². The van der Waals surface area contributed by atoms with Gasteiger partial charge in [0.25, 0.3) is 11.8 Å². The Morgan fingerprint density at radius 2 is 1.06 bits per heavy atom. The molecule has 0 aromatic heterocycles. The molecule has 2 amide bonds. The molecule has 2 atom stereocenters. The molecule has 166 valence electrons. The van der Waals surface area contributed by atoms with Crippen molar-refractivity contribution in [3.8, 4) is 12.1 Å². The average molecular weight is 471 g/mol. The molecule has 0 radical (unpaired) electrons. The molecular formula is C24H24Cl2N4O2. The average Bonchev–Trinajstić information content (AvgIpc) is 2.81. The van der Waals surface area contributed by atoms with Crippen molar-refractivity contribution in [1.29, 1.82) is 10.5 Å². The van der Waals surface area contributed by atoms with Crippen LogP contribution in [0.25, 0.3) is 0 Å². The zero-order valence-corrected chi connectivity index (χ0v) is 19.5. The Morgan fingerprint density at radius 1 is 0.750 bits per heavy atom. The summed E-state index contributed by atoms with van der Waals surface area (Å²) in [6.07, 6.45) is 0.854. The van der Waals surface area contributed by atoms with Crippen LogP contribution in [0.4, 0.5) is 0 Å². The maximum atomic E-state index is 13.2. The molecule has 0 heterocycles. The smallest absolute Gasteiger partial charge is 0.254 e. The van der Waals surface area contributed by atoms with E-state index in [0.717, 1.165) is 0 Å². The van der Waals surface area contributed by atoms with Crippen LogP contribution in [-0.4, -0.2) is 46.8 Å². The molecule has 2 unspecified atom stereocenters. The fraction of sp³-hybridized carbons (Fsp3) is 0.333. The van der Waals surface area contributed by atoms with Gasteiger partial charge in [-0.3, -0.25) is 9.59 Å². The van der Waals surface area contributed by atoms with Crippen LogP contribution in [0.2, 0.25) is 10.0 Å². The van der Waals surface area contributed by atoms with Crippen LogP contribution in [0.1, 0.15) is 47.4 Å². The third kappa shape index (κ3) is 6.23. The van der Waals surface area contributed by atoms with E-state index in [2.05, 4.69) is 12.1 Å². The first-order valence-corrected chi connectivity index (χ1v) is 11.0. The van der Waals surface area contributed by atoms with Gasteiger partial charge >= 0.3 is 0 Å². The molecule has 8 heteroatoms. The topological polar surface area (TPSA) is 88.2 Å². The highest BCUT2D eigenvalue weighted by molar-refractivity contribution is 6.31. The van der Waals surface area contributed by atoms with Crippen LogP contribution in [0, 0.1) is 22.7 Å². The molecule has 0 aliphatic heterocycles. The minimum atomic E-state index is -0.673. The second-order valence-electron chi connectivity index (χ2n) is 7.12. The Bertz CT molecular complexity index is 927. The molecule has 0 bridgehead atoms. The highest BCUT2D eigenvalue weighted by Gasteiger charge is 2.28. The predicted octanol–water partition coefficient (Wildman–Crippen LogP) is 5.18. The van der Waals surface area contributed by atoms with Crippen LogP contribution in [0.15, 0.2) is 48.5 Å². The number of carbonyl (C=O) groups is 2. The first kappa shape index (κ1) is 25.2. The summed E-state index contributed by atoms with van der Waals surface area (Å²) in [5.41, 5.74) is 0.789. The van der Waals surface area contributed by atoms with Gasteiger partial charge in [0.1, 0.15) is 12.1 Å². The van der Waals surface area contributed by atoms with Gasteiger partial charge in [-0.25, -0.2) is 0 Å². The number of benzene rings is 2. The Labute approximate surface area is 198 Å². The zero-order chi connectivity index (χ0) is 23.7. The Balaban J connectivity index is 2.32. The van der Waals surface area contributed by atoms with E-state index in [4.69, 9.17) is 23.2 Å². The van der Waals surface area contributed by atoms with E-state index < -0.39 is 12.1 Å². The Morgan fingerprint density at radius 3 is 1.31 bits per heavy atom.